The van der Waals surface area contributed by atoms with Crippen molar-refractivity contribution in [1.82, 2.24) is 10.2 Å². The van der Waals surface area contributed by atoms with Crippen LogP contribution in [0, 0.1) is 0 Å². The molecule has 1 N–H and O–H groups in total. The average molecular weight is 342 g/mol. The van der Waals surface area contributed by atoms with Gasteiger partial charge in [0.2, 0.25) is 0 Å². The van der Waals surface area contributed by atoms with E-state index in [2.05, 4.69) is 5.32 Å². The Morgan fingerprint density at radius 2 is 2.00 bits per heavy atom. The van der Waals surface area contributed by atoms with Gasteiger partial charge in [-0.05, 0) is 38.8 Å². The van der Waals surface area contributed by atoms with Crippen LogP contribution < -0.4 is 14.8 Å². The second-order valence-electron chi connectivity index (χ2n) is 8.29. The quantitative estimate of drug-likeness (QED) is 0.856. The normalized spacial score (nSPS) is 30.6. The van der Waals surface area contributed by atoms with E-state index in [0.717, 1.165) is 30.9 Å². The SMILES string of the molecule is CC1(C)NC(=O)N(C2CC(Oc3cccc4c3C3(CC3)CO4)C2)C1=O. The molecule has 2 saturated carbocycles. The minimum atomic E-state index is -0.807. The summed E-state index contributed by atoms with van der Waals surface area (Å²) in [6, 6.07) is 5.63. The monoisotopic (exact) mass is 342 g/mol. The van der Waals surface area contributed by atoms with Crippen molar-refractivity contribution in [3.8, 4) is 11.5 Å². The fourth-order valence-electron chi connectivity index (χ4n) is 4.22. The van der Waals surface area contributed by atoms with Crippen molar-refractivity contribution in [3.63, 3.8) is 0 Å². The number of imide groups is 1. The van der Waals surface area contributed by atoms with E-state index in [9.17, 15) is 9.59 Å². The lowest BCUT2D eigenvalue weighted by molar-refractivity contribution is -0.134. The Kier molecular flexibility index (Phi) is 2.82. The molecule has 1 spiro atoms. The van der Waals surface area contributed by atoms with Crippen molar-refractivity contribution < 1.29 is 19.1 Å². The number of amides is 3. The van der Waals surface area contributed by atoms with Crippen LogP contribution in [-0.2, 0) is 10.2 Å². The zero-order valence-electron chi connectivity index (χ0n) is 14.5. The van der Waals surface area contributed by atoms with Crippen LogP contribution in [0.5, 0.6) is 11.5 Å². The molecule has 1 saturated heterocycles. The Balaban J connectivity index is 1.28. The van der Waals surface area contributed by atoms with E-state index in [0.29, 0.717) is 12.8 Å². The van der Waals surface area contributed by atoms with Crippen molar-refractivity contribution in [2.45, 2.75) is 62.6 Å². The van der Waals surface area contributed by atoms with E-state index in [1.165, 1.54) is 10.5 Å². The van der Waals surface area contributed by atoms with E-state index in [1.807, 2.05) is 18.2 Å². The number of rotatable bonds is 3. The van der Waals surface area contributed by atoms with Gasteiger partial charge in [-0.3, -0.25) is 9.69 Å². The van der Waals surface area contributed by atoms with E-state index >= 15 is 0 Å². The molecule has 5 rings (SSSR count). The fraction of sp³-hybridized carbons (Fsp3) is 0.579. The molecule has 1 aromatic rings. The number of ether oxygens (including phenoxy) is 2. The van der Waals surface area contributed by atoms with Gasteiger partial charge in [0.25, 0.3) is 5.91 Å². The maximum Gasteiger partial charge on any atom is 0.325 e. The third kappa shape index (κ3) is 2.09. The van der Waals surface area contributed by atoms with Crippen LogP contribution in [0.25, 0.3) is 0 Å². The minimum absolute atomic E-state index is 0.0391. The van der Waals surface area contributed by atoms with Gasteiger partial charge in [0.15, 0.2) is 0 Å². The van der Waals surface area contributed by atoms with E-state index in [4.69, 9.17) is 9.47 Å². The highest BCUT2D eigenvalue weighted by Crippen LogP contribution is 2.58. The summed E-state index contributed by atoms with van der Waals surface area (Å²) in [6.07, 6.45) is 3.73. The summed E-state index contributed by atoms with van der Waals surface area (Å²) >= 11 is 0. The minimum Gasteiger partial charge on any atom is -0.492 e. The average Bonchev–Trinajstić information content (AvgIpc) is 3.15. The fourth-order valence-corrected chi connectivity index (χ4v) is 4.22. The van der Waals surface area contributed by atoms with E-state index in [-0.39, 0.29) is 29.5 Å². The van der Waals surface area contributed by atoms with Gasteiger partial charge in [0, 0.05) is 29.9 Å². The molecule has 0 radical (unpaired) electrons. The first kappa shape index (κ1) is 15.0. The van der Waals surface area contributed by atoms with Gasteiger partial charge in [0.05, 0.1) is 6.61 Å². The van der Waals surface area contributed by atoms with Crippen molar-refractivity contribution >= 4 is 11.9 Å². The van der Waals surface area contributed by atoms with E-state index in [1.54, 1.807) is 13.8 Å². The molecule has 132 valence electrons. The Hall–Kier alpha value is -2.24. The summed E-state index contributed by atoms with van der Waals surface area (Å²) in [5, 5.41) is 2.74. The summed E-state index contributed by atoms with van der Waals surface area (Å²) in [6.45, 7) is 4.23. The lowest BCUT2D eigenvalue weighted by Crippen LogP contribution is -2.52. The predicted molar refractivity (Wildman–Crippen MR) is 89.7 cm³/mol. The number of hydrogen-bond donors (Lipinski definition) is 1. The van der Waals surface area contributed by atoms with Gasteiger partial charge in [-0.2, -0.15) is 0 Å². The number of benzene rings is 1. The maximum absolute atomic E-state index is 12.4. The van der Waals surface area contributed by atoms with Crippen molar-refractivity contribution in [3.05, 3.63) is 23.8 Å². The molecule has 25 heavy (non-hydrogen) atoms. The van der Waals surface area contributed by atoms with Gasteiger partial charge in [0.1, 0.15) is 23.1 Å². The van der Waals surface area contributed by atoms with Crippen LogP contribution in [0.3, 0.4) is 0 Å². The lowest BCUT2D eigenvalue weighted by Gasteiger charge is -2.39. The second kappa shape index (κ2) is 4.68. The number of fused-ring (bicyclic) bond motifs is 2. The van der Waals surface area contributed by atoms with Crippen LogP contribution in [0.15, 0.2) is 18.2 Å². The molecule has 4 aliphatic rings. The highest BCUT2D eigenvalue weighted by atomic mass is 16.5. The van der Waals surface area contributed by atoms with Gasteiger partial charge in [-0.1, -0.05) is 6.07 Å². The zero-order chi connectivity index (χ0) is 17.4. The number of urea groups is 1. The molecular weight excluding hydrogens is 320 g/mol. The first-order chi connectivity index (χ1) is 11.9. The molecule has 2 heterocycles. The van der Waals surface area contributed by atoms with Crippen molar-refractivity contribution in [2.24, 2.45) is 0 Å². The van der Waals surface area contributed by atoms with Gasteiger partial charge >= 0.3 is 6.03 Å². The summed E-state index contributed by atoms with van der Waals surface area (Å²) in [5.74, 6) is 1.71. The molecule has 6 nitrogen and oxygen atoms in total. The summed E-state index contributed by atoms with van der Waals surface area (Å²) in [5.41, 5.74) is 0.581. The second-order valence-corrected chi connectivity index (χ2v) is 8.29. The van der Waals surface area contributed by atoms with Gasteiger partial charge in [-0.25, -0.2) is 4.79 Å². The lowest BCUT2D eigenvalue weighted by atomic mass is 9.87. The largest absolute Gasteiger partial charge is 0.492 e. The summed E-state index contributed by atoms with van der Waals surface area (Å²) in [4.78, 5) is 25.8. The first-order valence-corrected chi connectivity index (χ1v) is 8.98. The zero-order valence-corrected chi connectivity index (χ0v) is 14.5. The third-order valence-corrected chi connectivity index (χ3v) is 6.00. The van der Waals surface area contributed by atoms with Crippen LogP contribution in [0.2, 0.25) is 0 Å². The van der Waals surface area contributed by atoms with Gasteiger partial charge in [-0.15, -0.1) is 0 Å². The van der Waals surface area contributed by atoms with Crippen LogP contribution in [0.4, 0.5) is 4.79 Å². The van der Waals surface area contributed by atoms with Gasteiger partial charge < -0.3 is 14.8 Å². The van der Waals surface area contributed by atoms with Crippen LogP contribution in [-0.4, -0.2) is 41.1 Å². The number of carbonyl (C=O) groups excluding carboxylic acids is 2. The summed E-state index contributed by atoms with van der Waals surface area (Å²) < 4.78 is 12.0. The molecule has 0 atom stereocenters. The highest BCUT2D eigenvalue weighted by molar-refractivity contribution is 6.06. The number of nitrogens with one attached hydrogen (secondary N) is 1. The summed E-state index contributed by atoms with van der Waals surface area (Å²) in [7, 11) is 0. The molecule has 1 aromatic carbocycles. The number of carbonyl (C=O) groups is 2. The standard InChI is InChI=1S/C19H22N2O4/c1-18(2)16(22)21(17(23)20-18)11-8-12(9-11)25-14-5-3-4-13-15(14)19(6-7-19)10-24-13/h3-5,11-12H,6-10H2,1-2H3,(H,20,23). The molecule has 2 aliphatic carbocycles. The van der Waals surface area contributed by atoms with Crippen molar-refractivity contribution in [1.29, 1.82) is 0 Å². The molecule has 0 bridgehead atoms. The third-order valence-electron chi connectivity index (χ3n) is 6.00. The topological polar surface area (TPSA) is 67.9 Å². The predicted octanol–water partition coefficient (Wildman–Crippen LogP) is 2.35. The molecule has 0 aromatic heterocycles. The smallest absolute Gasteiger partial charge is 0.325 e. The molecule has 6 heteroatoms. The maximum atomic E-state index is 12.4. The Labute approximate surface area is 146 Å². The Morgan fingerprint density at radius 3 is 2.64 bits per heavy atom. The molecule has 3 fully saturated rings. The van der Waals surface area contributed by atoms with Crippen LogP contribution >= 0.6 is 0 Å². The molecule has 0 unspecified atom stereocenters. The highest BCUT2D eigenvalue weighted by Gasteiger charge is 2.54. The van der Waals surface area contributed by atoms with Crippen molar-refractivity contribution in [2.75, 3.05) is 6.61 Å². The van der Waals surface area contributed by atoms with Crippen LogP contribution in [0.1, 0.15) is 45.1 Å². The number of nitrogens with zero attached hydrogens (tertiary/aromatic N) is 1. The molecular formula is C19H22N2O4. The molecule has 3 amide bonds. The Morgan fingerprint density at radius 1 is 1.24 bits per heavy atom. The Bertz CT molecular complexity index is 778. The number of hydrogen-bond acceptors (Lipinski definition) is 4. The first-order valence-electron chi connectivity index (χ1n) is 8.98. The van der Waals surface area contributed by atoms with E-state index < -0.39 is 5.54 Å². The molecule has 2 aliphatic heterocycles.